The standard InChI is InChI=1S/C13H11Cl2N3O3S/c1-6-11(12(16)22-18-6)13(20)21-5-10(19)17-7-2-3-8(14)9(15)4-7/h2-4H,5,16H2,1H3,(H,17,19). The van der Waals surface area contributed by atoms with Crippen molar-refractivity contribution in [3.63, 3.8) is 0 Å². The second-order valence-corrected chi connectivity index (χ2v) is 5.88. The fraction of sp³-hybridized carbons (Fsp3) is 0.154. The summed E-state index contributed by atoms with van der Waals surface area (Å²) in [6.45, 7) is 1.19. The molecule has 0 saturated heterocycles. The van der Waals surface area contributed by atoms with Gasteiger partial charge >= 0.3 is 5.97 Å². The summed E-state index contributed by atoms with van der Waals surface area (Å²) in [5.74, 6) is -1.20. The Hall–Kier alpha value is -1.83. The van der Waals surface area contributed by atoms with Crippen LogP contribution < -0.4 is 11.1 Å². The molecule has 6 nitrogen and oxygen atoms in total. The van der Waals surface area contributed by atoms with Crippen LogP contribution in [0, 0.1) is 6.92 Å². The minimum atomic E-state index is -0.687. The molecule has 0 atom stereocenters. The number of amides is 1. The number of rotatable bonds is 4. The molecule has 1 heterocycles. The minimum Gasteiger partial charge on any atom is -0.452 e. The lowest BCUT2D eigenvalue weighted by atomic mass is 10.2. The van der Waals surface area contributed by atoms with E-state index in [9.17, 15) is 9.59 Å². The van der Waals surface area contributed by atoms with E-state index >= 15 is 0 Å². The van der Waals surface area contributed by atoms with Crippen molar-refractivity contribution in [1.29, 1.82) is 0 Å². The monoisotopic (exact) mass is 359 g/mol. The Kier molecular flexibility index (Phi) is 5.23. The molecule has 0 spiro atoms. The molecule has 0 radical (unpaired) electrons. The second-order valence-electron chi connectivity index (χ2n) is 4.26. The second kappa shape index (κ2) is 6.95. The van der Waals surface area contributed by atoms with Gasteiger partial charge < -0.3 is 15.8 Å². The first-order valence-electron chi connectivity index (χ1n) is 6.02. The number of aromatic nitrogens is 1. The van der Waals surface area contributed by atoms with E-state index in [1.165, 1.54) is 6.07 Å². The van der Waals surface area contributed by atoms with Gasteiger partial charge in [-0.1, -0.05) is 23.2 Å². The van der Waals surface area contributed by atoms with E-state index in [1.807, 2.05) is 0 Å². The summed E-state index contributed by atoms with van der Waals surface area (Å²) in [6, 6.07) is 4.63. The van der Waals surface area contributed by atoms with Crippen LogP contribution in [0.3, 0.4) is 0 Å². The molecule has 116 valence electrons. The zero-order chi connectivity index (χ0) is 16.3. The third-order valence-corrected chi connectivity index (χ3v) is 4.14. The van der Waals surface area contributed by atoms with Crippen LogP contribution in [-0.2, 0) is 9.53 Å². The molecule has 0 bridgehead atoms. The summed E-state index contributed by atoms with van der Waals surface area (Å²) in [5.41, 5.74) is 6.74. The van der Waals surface area contributed by atoms with E-state index < -0.39 is 18.5 Å². The summed E-state index contributed by atoms with van der Waals surface area (Å²) in [4.78, 5) is 23.6. The number of ether oxygens (including phenoxy) is 1. The highest BCUT2D eigenvalue weighted by Gasteiger charge is 2.19. The van der Waals surface area contributed by atoms with Crippen LogP contribution in [0.5, 0.6) is 0 Å². The number of nitrogen functional groups attached to an aromatic ring is 1. The molecule has 22 heavy (non-hydrogen) atoms. The maximum absolute atomic E-state index is 11.8. The number of carbonyl (C=O) groups is 2. The topological polar surface area (TPSA) is 94.3 Å². The molecular weight excluding hydrogens is 349 g/mol. The van der Waals surface area contributed by atoms with Crippen LogP contribution in [0.15, 0.2) is 18.2 Å². The number of esters is 1. The first-order valence-corrected chi connectivity index (χ1v) is 7.55. The highest BCUT2D eigenvalue weighted by molar-refractivity contribution is 7.10. The number of nitrogens with one attached hydrogen (secondary N) is 1. The van der Waals surface area contributed by atoms with Crippen molar-refractivity contribution in [2.24, 2.45) is 0 Å². The number of aryl methyl sites for hydroxylation is 1. The van der Waals surface area contributed by atoms with Gasteiger partial charge in [0.05, 0.1) is 15.7 Å². The normalized spacial score (nSPS) is 10.3. The van der Waals surface area contributed by atoms with E-state index in [0.29, 0.717) is 21.4 Å². The Labute approximate surface area is 140 Å². The van der Waals surface area contributed by atoms with Gasteiger partial charge in [0.15, 0.2) is 6.61 Å². The first kappa shape index (κ1) is 16.5. The third-order valence-electron chi connectivity index (χ3n) is 2.63. The molecular formula is C13H11Cl2N3O3S. The molecule has 1 aromatic carbocycles. The van der Waals surface area contributed by atoms with Gasteiger partial charge in [0.1, 0.15) is 10.6 Å². The van der Waals surface area contributed by atoms with Gasteiger partial charge in [-0.2, -0.15) is 4.37 Å². The van der Waals surface area contributed by atoms with Crippen LogP contribution >= 0.6 is 34.7 Å². The number of benzene rings is 1. The Morgan fingerprint density at radius 3 is 2.68 bits per heavy atom. The Balaban J connectivity index is 1.93. The molecule has 2 rings (SSSR count). The zero-order valence-electron chi connectivity index (χ0n) is 11.4. The lowest BCUT2D eigenvalue weighted by Crippen LogP contribution is -2.21. The number of nitrogens with two attached hydrogens (primary N) is 1. The number of hydrogen-bond donors (Lipinski definition) is 2. The molecule has 0 aliphatic heterocycles. The molecule has 2 aromatic rings. The summed E-state index contributed by atoms with van der Waals surface area (Å²) in [5, 5.41) is 3.48. The molecule has 1 aromatic heterocycles. The van der Waals surface area contributed by atoms with Gasteiger partial charge in [-0.3, -0.25) is 4.79 Å². The predicted molar refractivity (Wildman–Crippen MR) is 86.6 cm³/mol. The average Bonchev–Trinajstić information content (AvgIpc) is 2.80. The van der Waals surface area contributed by atoms with Crippen LogP contribution in [0.4, 0.5) is 10.7 Å². The zero-order valence-corrected chi connectivity index (χ0v) is 13.7. The fourth-order valence-electron chi connectivity index (χ4n) is 1.61. The SMILES string of the molecule is Cc1nsc(N)c1C(=O)OCC(=O)Nc1ccc(Cl)c(Cl)c1. The predicted octanol–water partition coefficient (Wildman–Crippen LogP) is 3.14. The minimum absolute atomic E-state index is 0.187. The number of anilines is 2. The first-order chi connectivity index (χ1) is 10.4. The van der Waals surface area contributed by atoms with Crippen LogP contribution in [0.25, 0.3) is 0 Å². The molecule has 3 N–H and O–H groups in total. The summed E-state index contributed by atoms with van der Waals surface area (Å²) in [6.07, 6.45) is 0. The highest BCUT2D eigenvalue weighted by atomic mass is 35.5. The van der Waals surface area contributed by atoms with E-state index in [1.54, 1.807) is 19.1 Å². The lowest BCUT2D eigenvalue weighted by molar-refractivity contribution is -0.119. The summed E-state index contributed by atoms with van der Waals surface area (Å²) >= 11 is 12.6. The fourth-order valence-corrected chi connectivity index (χ4v) is 2.56. The van der Waals surface area contributed by atoms with Crippen molar-refractivity contribution in [1.82, 2.24) is 4.37 Å². The number of halogens is 2. The molecule has 1 amide bonds. The molecule has 0 aliphatic rings. The van der Waals surface area contributed by atoms with Crippen molar-refractivity contribution >= 4 is 57.3 Å². The molecule has 0 unspecified atom stereocenters. The van der Waals surface area contributed by atoms with Gasteiger partial charge in [-0.15, -0.1) is 0 Å². The third kappa shape index (κ3) is 3.88. The van der Waals surface area contributed by atoms with Crippen LogP contribution in [0.2, 0.25) is 10.0 Å². The van der Waals surface area contributed by atoms with Crippen LogP contribution in [-0.4, -0.2) is 22.9 Å². The summed E-state index contributed by atoms with van der Waals surface area (Å²) < 4.78 is 8.85. The van der Waals surface area contributed by atoms with E-state index in [2.05, 4.69) is 9.69 Å². The van der Waals surface area contributed by atoms with Crippen molar-refractivity contribution in [3.8, 4) is 0 Å². The van der Waals surface area contributed by atoms with E-state index in [-0.39, 0.29) is 10.6 Å². The van der Waals surface area contributed by atoms with Gasteiger partial charge in [0.2, 0.25) is 0 Å². The van der Waals surface area contributed by atoms with Gasteiger partial charge in [0, 0.05) is 5.69 Å². The van der Waals surface area contributed by atoms with Gasteiger partial charge in [0.25, 0.3) is 5.91 Å². The molecule has 0 fully saturated rings. The lowest BCUT2D eigenvalue weighted by Gasteiger charge is -2.07. The molecule has 0 aliphatic carbocycles. The maximum Gasteiger partial charge on any atom is 0.343 e. The van der Waals surface area contributed by atoms with E-state index in [4.69, 9.17) is 33.7 Å². The van der Waals surface area contributed by atoms with Crippen LogP contribution in [0.1, 0.15) is 16.1 Å². The Morgan fingerprint density at radius 2 is 2.09 bits per heavy atom. The van der Waals surface area contributed by atoms with Gasteiger partial charge in [-0.05, 0) is 36.7 Å². The van der Waals surface area contributed by atoms with Crippen molar-refractivity contribution in [2.75, 3.05) is 17.7 Å². The largest absolute Gasteiger partial charge is 0.452 e. The van der Waals surface area contributed by atoms with E-state index in [0.717, 1.165) is 11.5 Å². The molecule has 9 heteroatoms. The smallest absolute Gasteiger partial charge is 0.343 e. The number of hydrogen-bond acceptors (Lipinski definition) is 6. The van der Waals surface area contributed by atoms with Crippen molar-refractivity contribution < 1.29 is 14.3 Å². The quantitative estimate of drug-likeness (QED) is 0.817. The van der Waals surface area contributed by atoms with Crippen molar-refractivity contribution in [2.45, 2.75) is 6.92 Å². The van der Waals surface area contributed by atoms with Crippen molar-refractivity contribution in [3.05, 3.63) is 39.5 Å². The van der Waals surface area contributed by atoms with Gasteiger partial charge in [-0.25, -0.2) is 4.79 Å². The Morgan fingerprint density at radius 1 is 1.36 bits per heavy atom. The number of nitrogens with zero attached hydrogens (tertiary/aromatic N) is 1. The maximum atomic E-state index is 11.8. The average molecular weight is 360 g/mol. The molecule has 0 saturated carbocycles. The Bertz CT molecular complexity index is 714. The summed E-state index contributed by atoms with van der Waals surface area (Å²) in [7, 11) is 0. The number of carbonyl (C=O) groups excluding carboxylic acids is 2. The highest BCUT2D eigenvalue weighted by Crippen LogP contribution is 2.25.